The van der Waals surface area contributed by atoms with Crippen molar-refractivity contribution < 1.29 is 14.0 Å². The highest BCUT2D eigenvalue weighted by molar-refractivity contribution is 5.98. The molecule has 1 amide bonds. The predicted octanol–water partition coefficient (Wildman–Crippen LogP) is 4.86. The number of hydrogen-bond acceptors (Lipinski definition) is 2. The summed E-state index contributed by atoms with van der Waals surface area (Å²) >= 11 is 0. The Morgan fingerprint density at radius 2 is 1.73 bits per heavy atom. The predicted molar refractivity (Wildman–Crippen MR) is 119 cm³/mol. The van der Waals surface area contributed by atoms with Crippen molar-refractivity contribution in [2.75, 3.05) is 4.90 Å². The van der Waals surface area contributed by atoms with Gasteiger partial charge in [0.25, 0.3) is 17.6 Å². The zero-order chi connectivity index (χ0) is 21.4. The summed E-state index contributed by atoms with van der Waals surface area (Å²) in [5, 5.41) is 0. The van der Waals surface area contributed by atoms with Gasteiger partial charge in [-0.1, -0.05) is 30.7 Å². The summed E-state index contributed by atoms with van der Waals surface area (Å²) in [6, 6.07) is 12.3. The monoisotopic (exact) mass is 404 g/mol. The minimum Gasteiger partial charge on any atom is -0.257 e. The SMILES string of the molecule is CC(=O)N(c1c(-c2ccccc2C)n(C(C)=O)c2cc(C)cc[n+]12)C1CCCCC1. The van der Waals surface area contributed by atoms with E-state index >= 15 is 0 Å². The number of hydrogen-bond donors (Lipinski definition) is 0. The van der Waals surface area contributed by atoms with Crippen LogP contribution in [-0.2, 0) is 4.79 Å². The van der Waals surface area contributed by atoms with Crippen molar-refractivity contribution in [3.05, 3.63) is 53.7 Å². The average Bonchev–Trinajstić information content (AvgIpc) is 3.03. The van der Waals surface area contributed by atoms with Gasteiger partial charge in [0.1, 0.15) is 0 Å². The first-order valence-electron chi connectivity index (χ1n) is 10.8. The minimum atomic E-state index is -0.0604. The van der Waals surface area contributed by atoms with Crippen molar-refractivity contribution in [2.45, 2.75) is 65.8 Å². The third-order valence-corrected chi connectivity index (χ3v) is 6.21. The van der Waals surface area contributed by atoms with Gasteiger partial charge in [-0.05, 0) is 56.7 Å². The number of carbonyl (C=O) groups excluding carboxylic acids is 2. The molecule has 0 bridgehead atoms. The van der Waals surface area contributed by atoms with Crippen LogP contribution in [0.5, 0.6) is 0 Å². The topological polar surface area (TPSA) is 46.4 Å². The maximum Gasteiger partial charge on any atom is 0.284 e. The number of benzene rings is 1. The van der Waals surface area contributed by atoms with E-state index in [-0.39, 0.29) is 17.9 Å². The van der Waals surface area contributed by atoms with Gasteiger partial charge in [-0.2, -0.15) is 4.57 Å². The second-order valence-corrected chi connectivity index (χ2v) is 8.45. The molecule has 2 heterocycles. The Morgan fingerprint density at radius 3 is 2.37 bits per heavy atom. The van der Waals surface area contributed by atoms with Crippen molar-refractivity contribution >= 4 is 23.3 Å². The van der Waals surface area contributed by atoms with Crippen LogP contribution in [0.4, 0.5) is 5.82 Å². The molecular formula is C25H30N3O2+. The number of rotatable bonds is 3. The fourth-order valence-electron chi connectivity index (χ4n) is 4.82. The molecule has 0 saturated heterocycles. The van der Waals surface area contributed by atoms with Crippen LogP contribution in [0.2, 0.25) is 0 Å². The third kappa shape index (κ3) is 3.42. The summed E-state index contributed by atoms with van der Waals surface area (Å²) in [5.41, 5.74) is 4.72. The van der Waals surface area contributed by atoms with Crippen LogP contribution in [-0.4, -0.2) is 22.4 Å². The van der Waals surface area contributed by atoms with E-state index in [4.69, 9.17) is 0 Å². The van der Waals surface area contributed by atoms with Crippen molar-refractivity contribution in [3.63, 3.8) is 0 Å². The molecule has 2 aromatic heterocycles. The molecule has 5 nitrogen and oxygen atoms in total. The Morgan fingerprint density at radius 1 is 1.03 bits per heavy atom. The molecule has 4 rings (SSSR count). The molecule has 30 heavy (non-hydrogen) atoms. The van der Waals surface area contributed by atoms with Gasteiger partial charge in [0.2, 0.25) is 5.65 Å². The van der Waals surface area contributed by atoms with Crippen LogP contribution in [0, 0.1) is 13.8 Å². The molecule has 0 unspecified atom stereocenters. The molecule has 1 aliphatic rings. The van der Waals surface area contributed by atoms with Gasteiger partial charge in [0.15, 0.2) is 5.69 Å². The lowest BCUT2D eigenvalue weighted by atomic mass is 9.93. The Hall–Kier alpha value is -2.95. The van der Waals surface area contributed by atoms with Crippen LogP contribution in [0.25, 0.3) is 16.9 Å². The van der Waals surface area contributed by atoms with Crippen molar-refractivity contribution in [2.24, 2.45) is 0 Å². The number of aryl methyl sites for hydroxylation is 2. The third-order valence-electron chi connectivity index (χ3n) is 6.21. The first kappa shape index (κ1) is 20.3. The quantitative estimate of drug-likeness (QED) is 0.586. The molecular weight excluding hydrogens is 374 g/mol. The van der Waals surface area contributed by atoms with Crippen LogP contribution in [0.1, 0.15) is 61.9 Å². The summed E-state index contributed by atoms with van der Waals surface area (Å²) in [4.78, 5) is 27.9. The first-order valence-corrected chi connectivity index (χ1v) is 10.8. The van der Waals surface area contributed by atoms with Crippen LogP contribution in [0.3, 0.4) is 0 Å². The molecule has 3 aromatic rings. The molecule has 156 valence electrons. The van der Waals surface area contributed by atoms with E-state index in [1.165, 1.54) is 6.42 Å². The number of amides is 1. The number of fused-ring (bicyclic) bond motifs is 1. The Labute approximate surface area is 177 Å². The van der Waals surface area contributed by atoms with E-state index in [1.54, 1.807) is 18.4 Å². The van der Waals surface area contributed by atoms with Gasteiger partial charge < -0.3 is 0 Å². The van der Waals surface area contributed by atoms with Gasteiger partial charge >= 0.3 is 0 Å². The summed E-state index contributed by atoms with van der Waals surface area (Å²) < 4.78 is 3.79. The number of imidazole rings is 1. The van der Waals surface area contributed by atoms with Gasteiger partial charge in [0, 0.05) is 25.5 Å². The summed E-state index contributed by atoms with van der Waals surface area (Å²) in [6.45, 7) is 7.30. The van der Waals surface area contributed by atoms with E-state index in [1.807, 2.05) is 52.8 Å². The lowest BCUT2D eigenvalue weighted by Gasteiger charge is -2.29. The first-order chi connectivity index (χ1) is 14.4. The van der Waals surface area contributed by atoms with Gasteiger partial charge in [-0.3, -0.25) is 9.59 Å². The van der Waals surface area contributed by atoms with Crippen molar-refractivity contribution in [1.82, 2.24) is 4.57 Å². The molecule has 5 heteroatoms. The van der Waals surface area contributed by atoms with E-state index in [2.05, 4.69) is 13.0 Å². The summed E-state index contributed by atoms with van der Waals surface area (Å²) in [5.74, 6) is 0.760. The fourth-order valence-corrected chi connectivity index (χ4v) is 4.82. The molecule has 0 atom stereocenters. The molecule has 1 fully saturated rings. The van der Waals surface area contributed by atoms with E-state index in [0.717, 1.165) is 59.5 Å². The minimum absolute atomic E-state index is 0.0208. The van der Waals surface area contributed by atoms with Crippen molar-refractivity contribution in [3.8, 4) is 11.3 Å². The number of anilines is 1. The highest BCUT2D eigenvalue weighted by Crippen LogP contribution is 2.36. The fraction of sp³-hybridized carbons (Fsp3) is 0.400. The molecule has 1 aliphatic carbocycles. The highest BCUT2D eigenvalue weighted by atomic mass is 16.2. The molecule has 0 aliphatic heterocycles. The van der Waals surface area contributed by atoms with Gasteiger partial charge in [-0.25, -0.2) is 9.30 Å². The lowest BCUT2D eigenvalue weighted by Crippen LogP contribution is -2.45. The van der Waals surface area contributed by atoms with Gasteiger partial charge in [0.05, 0.1) is 12.2 Å². The maximum absolute atomic E-state index is 13.0. The van der Waals surface area contributed by atoms with Gasteiger partial charge in [-0.15, -0.1) is 0 Å². The standard InChI is InChI=1S/C25H30N3O2/c1-17-14-15-26-23(16-17)28(20(4)30)24(22-13-9-8-10-18(22)2)25(26)27(19(3)29)21-11-6-5-7-12-21/h8-10,13-16,21H,5-7,11-12H2,1-4H3/q+1. The van der Waals surface area contributed by atoms with Crippen molar-refractivity contribution in [1.29, 1.82) is 0 Å². The van der Waals surface area contributed by atoms with Crippen LogP contribution >= 0.6 is 0 Å². The zero-order valence-corrected chi connectivity index (χ0v) is 18.3. The number of aromatic nitrogens is 2. The summed E-state index contributed by atoms with van der Waals surface area (Å²) in [6.07, 6.45) is 7.44. The summed E-state index contributed by atoms with van der Waals surface area (Å²) in [7, 11) is 0. The average molecular weight is 405 g/mol. The largest absolute Gasteiger partial charge is 0.284 e. The molecule has 1 aromatic carbocycles. The molecule has 0 radical (unpaired) electrons. The maximum atomic E-state index is 13.0. The number of nitrogens with zero attached hydrogens (tertiary/aromatic N) is 3. The highest BCUT2D eigenvalue weighted by Gasteiger charge is 2.39. The molecule has 0 spiro atoms. The number of pyridine rings is 1. The molecule has 0 N–H and O–H groups in total. The van der Waals surface area contributed by atoms with E-state index in [0.29, 0.717) is 0 Å². The Bertz CT molecular complexity index is 1120. The molecule has 1 saturated carbocycles. The zero-order valence-electron chi connectivity index (χ0n) is 18.3. The smallest absolute Gasteiger partial charge is 0.257 e. The lowest BCUT2D eigenvalue weighted by molar-refractivity contribution is -0.496. The van der Waals surface area contributed by atoms with Crippen LogP contribution < -0.4 is 9.30 Å². The number of carbonyl (C=O) groups is 2. The van der Waals surface area contributed by atoms with E-state index < -0.39 is 0 Å². The Balaban J connectivity index is 2.11. The Kier molecular flexibility index (Phi) is 5.46. The van der Waals surface area contributed by atoms with Crippen LogP contribution in [0.15, 0.2) is 42.6 Å². The second-order valence-electron chi connectivity index (χ2n) is 8.45. The second kappa shape index (κ2) is 8.05. The normalized spacial score (nSPS) is 14.8. The van der Waals surface area contributed by atoms with E-state index in [9.17, 15) is 9.59 Å².